The molecule has 0 fully saturated rings. The van der Waals surface area contributed by atoms with Gasteiger partial charge in [-0.1, -0.05) is 36.4 Å². The first-order valence-corrected chi connectivity index (χ1v) is 8.60. The van der Waals surface area contributed by atoms with Gasteiger partial charge in [-0.25, -0.2) is 4.98 Å². The molecule has 2 aromatic heterocycles. The van der Waals surface area contributed by atoms with Crippen LogP contribution in [0.4, 0.5) is 0 Å². The molecule has 0 aliphatic carbocycles. The highest BCUT2D eigenvalue weighted by Crippen LogP contribution is 2.22. The molecule has 0 unspecified atom stereocenters. The lowest BCUT2D eigenvalue weighted by atomic mass is 10.0. The molecule has 118 valence electrons. The molecule has 24 heavy (non-hydrogen) atoms. The van der Waals surface area contributed by atoms with Crippen LogP contribution < -0.4 is 0 Å². The number of allylic oxidation sites excluding steroid dienone is 1. The summed E-state index contributed by atoms with van der Waals surface area (Å²) in [5.74, 6) is 0.00190. The van der Waals surface area contributed by atoms with E-state index in [4.69, 9.17) is 0 Å². The molecule has 0 aliphatic heterocycles. The number of aryl methyl sites for hydroxylation is 2. The number of hydrogen-bond donors (Lipinski definition) is 0. The molecule has 4 heteroatoms. The zero-order valence-electron chi connectivity index (χ0n) is 13.5. The molecule has 0 saturated heterocycles. The van der Waals surface area contributed by atoms with E-state index in [1.807, 2.05) is 59.9 Å². The summed E-state index contributed by atoms with van der Waals surface area (Å²) in [6.45, 7) is 4.03. The average Bonchev–Trinajstić information content (AvgIpc) is 3.07. The predicted octanol–water partition coefficient (Wildman–Crippen LogP) is 5.06. The van der Waals surface area contributed by atoms with Crippen LogP contribution in [0.1, 0.15) is 26.6 Å². The largest absolute Gasteiger partial charge is 0.290 e. The molecule has 0 aliphatic rings. The number of imidazole rings is 1. The van der Waals surface area contributed by atoms with Crippen molar-refractivity contribution in [1.82, 2.24) is 9.38 Å². The second-order valence-electron chi connectivity index (χ2n) is 5.84. The van der Waals surface area contributed by atoms with Crippen molar-refractivity contribution in [3.63, 3.8) is 0 Å². The quantitative estimate of drug-likeness (QED) is 0.388. The monoisotopic (exact) mass is 332 g/mol. The van der Waals surface area contributed by atoms with Gasteiger partial charge in [-0.05, 0) is 42.8 Å². The third-order valence-electron chi connectivity index (χ3n) is 4.09. The van der Waals surface area contributed by atoms with Crippen molar-refractivity contribution in [2.75, 3.05) is 0 Å². The van der Waals surface area contributed by atoms with Crippen molar-refractivity contribution in [1.29, 1.82) is 0 Å². The number of nitrogens with zero attached hydrogens (tertiary/aromatic N) is 2. The van der Waals surface area contributed by atoms with Crippen LogP contribution in [-0.4, -0.2) is 15.2 Å². The number of thiazole rings is 1. The van der Waals surface area contributed by atoms with Gasteiger partial charge >= 0.3 is 0 Å². The summed E-state index contributed by atoms with van der Waals surface area (Å²) in [4.78, 5) is 19.2. The maximum absolute atomic E-state index is 12.5. The fraction of sp³-hybridized carbons (Fsp3) is 0.100. The average molecular weight is 332 g/mol. The molecule has 2 heterocycles. The topological polar surface area (TPSA) is 34.4 Å². The molecule has 0 N–H and O–H groups in total. The molecule has 4 aromatic rings. The smallest absolute Gasteiger partial charge is 0.194 e. The molecule has 0 amide bonds. The fourth-order valence-electron chi connectivity index (χ4n) is 2.88. The third kappa shape index (κ3) is 2.55. The van der Waals surface area contributed by atoms with E-state index in [1.165, 1.54) is 4.88 Å². The Morgan fingerprint density at radius 2 is 1.92 bits per heavy atom. The van der Waals surface area contributed by atoms with E-state index in [1.54, 1.807) is 17.4 Å². The lowest BCUT2D eigenvalue weighted by Crippen LogP contribution is -1.94. The standard InChI is InChI=1S/C20H16N2OS/c1-13-12-22-18(14(2)21-20(22)24-13)9-10-19(23)17-8-7-15-5-3-4-6-16(15)11-17/h3-12H,1-2H3/b10-9+. The van der Waals surface area contributed by atoms with Crippen LogP contribution >= 0.6 is 11.3 Å². The molecule has 0 bridgehead atoms. The van der Waals surface area contributed by atoms with E-state index in [9.17, 15) is 4.79 Å². The summed E-state index contributed by atoms with van der Waals surface area (Å²) < 4.78 is 2.04. The Bertz CT molecular complexity index is 1100. The summed E-state index contributed by atoms with van der Waals surface area (Å²) in [5.41, 5.74) is 2.59. The zero-order chi connectivity index (χ0) is 16.7. The molecular weight excluding hydrogens is 316 g/mol. The van der Waals surface area contributed by atoms with Crippen LogP contribution in [-0.2, 0) is 0 Å². The van der Waals surface area contributed by atoms with E-state index in [2.05, 4.69) is 18.1 Å². The Morgan fingerprint density at radius 3 is 2.75 bits per heavy atom. The van der Waals surface area contributed by atoms with Gasteiger partial charge in [0.25, 0.3) is 0 Å². The summed E-state index contributed by atoms with van der Waals surface area (Å²) >= 11 is 1.65. The van der Waals surface area contributed by atoms with Crippen LogP contribution in [0.25, 0.3) is 21.8 Å². The van der Waals surface area contributed by atoms with Crippen LogP contribution in [0.3, 0.4) is 0 Å². The molecule has 3 nitrogen and oxygen atoms in total. The highest BCUT2D eigenvalue weighted by molar-refractivity contribution is 7.17. The van der Waals surface area contributed by atoms with Crippen LogP contribution in [0.15, 0.2) is 54.7 Å². The second-order valence-corrected chi connectivity index (χ2v) is 7.05. The van der Waals surface area contributed by atoms with Gasteiger partial charge in [-0.15, -0.1) is 11.3 Å². The first-order chi connectivity index (χ1) is 11.6. The SMILES string of the molecule is Cc1cn2c(/C=C/C(=O)c3ccc4ccccc4c3)c(C)nc2s1. The number of aromatic nitrogens is 2. The molecule has 0 saturated carbocycles. The predicted molar refractivity (Wildman–Crippen MR) is 99.9 cm³/mol. The Labute approximate surface area is 143 Å². The minimum absolute atomic E-state index is 0.00190. The molecular formula is C20H16N2OS. The van der Waals surface area contributed by atoms with Gasteiger partial charge in [0.2, 0.25) is 0 Å². The Kier molecular flexibility index (Phi) is 3.54. The second kappa shape index (κ2) is 5.73. The number of hydrogen-bond acceptors (Lipinski definition) is 3. The highest BCUT2D eigenvalue weighted by atomic mass is 32.1. The van der Waals surface area contributed by atoms with Crippen LogP contribution in [0, 0.1) is 13.8 Å². The van der Waals surface area contributed by atoms with Crippen LogP contribution in [0.5, 0.6) is 0 Å². The zero-order valence-corrected chi connectivity index (χ0v) is 14.3. The fourth-order valence-corrected chi connectivity index (χ4v) is 3.75. The Hall–Kier alpha value is -2.72. The maximum Gasteiger partial charge on any atom is 0.194 e. The van der Waals surface area contributed by atoms with Gasteiger partial charge in [0, 0.05) is 16.6 Å². The summed E-state index contributed by atoms with van der Waals surface area (Å²) in [5, 5.41) is 2.22. The van der Waals surface area contributed by atoms with Crippen LogP contribution in [0.2, 0.25) is 0 Å². The lowest BCUT2D eigenvalue weighted by molar-refractivity contribution is 0.104. The molecule has 4 rings (SSSR count). The molecule has 2 aromatic carbocycles. The van der Waals surface area contributed by atoms with Gasteiger partial charge in [0.15, 0.2) is 10.7 Å². The number of ketones is 1. The van der Waals surface area contributed by atoms with Gasteiger partial charge in [-0.2, -0.15) is 0 Å². The highest BCUT2D eigenvalue weighted by Gasteiger charge is 2.09. The maximum atomic E-state index is 12.5. The van der Waals surface area contributed by atoms with E-state index in [-0.39, 0.29) is 5.78 Å². The Balaban J connectivity index is 1.68. The number of rotatable bonds is 3. The summed E-state index contributed by atoms with van der Waals surface area (Å²) in [7, 11) is 0. The number of fused-ring (bicyclic) bond motifs is 2. The van der Waals surface area contributed by atoms with Gasteiger partial charge < -0.3 is 0 Å². The lowest BCUT2D eigenvalue weighted by Gasteiger charge is -2.00. The third-order valence-corrected chi connectivity index (χ3v) is 4.99. The van der Waals surface area contributed by atoms with Crippen molar-refractivity contribution in [2.45, 2.75) is 13.8 Å². The van der Waals surface area contributed by atoms with E-state index in [0.29, 0.717) is 5.56 Å². The summed E-state index contributed by atoms with van der Waals surface area (Å²) in [6.07, 6.45) is 5.55. The normalized spacial score (nSPS) is 11.8. The van der Waals surface area contributed by atoms with E-state index >= 15 is 0 Å². The minimum atomic E-state index is 0.00190. The minimum Gasteiger partial charge on any atom is -0.290 e. The molecule has 0 radical (unpaired) electrons. The Morgan fingerprint density at radius 1 is 1.12 bits per heavy atom. The number of carbonyl (C=O) groups excluding carboxylic acids is 1. The summed E-state index contributed by atoms with van der Waals surface area (Å²) in [6, 6.07) is 13.9. The van der Waals surface area contributed by atoms with Gasteiger partial charge in [0.1, 0.15) is 0 Å². The number of benzene rings is 2. The van der Waals surface area contributed by atoms with Crippen molar-refractivity contribution in [3.8, 4) is 0 Å². The van der Waals surface area contributed by atoms with Crippen molar-refractivity contribution >= 4 is 38.9 Å². The van der Waals surface area contributed by atoms with E-state index < -0.39 is 0 Å². The molecule has 0 atom stereocenters. The van der Waals surface area contributed by atoms with Crippen molar-refractivity contribution in [3.05, 3.63) is 76.6 Å². The van der Waals surface area contributed by atoms with Crippen molar-refractivity contribution < 1.29 is 4.79 Å². The van der Waals surface area contributed by atoms with Crippen molar-refractivity contribution in [2.24, 2.45) is 0 Å². The van der Waals surface area contributed by atoms with Gasteiger partial charge in [0.05, 0.1) is 11.4 Å². The van der Waals surface area contributed by atoms with Gasteiger partial charge in [-0.3, -0.25) is 9.20 Å². The van der Waals surface area contributed by atoms with E-state index in [0.717, 1.165) is 27.1 Å². The first kappa shape index (κ1) is 14.8. The first-order valence-electron chi connectivity index (χ1n) is 7.78. The molecule has 0 spiro atoms. The number of carbonyl (C=O) groups is 1.